The number of aromatic amines is 1. The zero-order valence-corrected chi connectivity index (χ0v) is 16.5. The van der Waals surface area contributed by atoms with Crippen molar-refractivity contribution < 1.29 is 18.3 Å². The van der Waals surface area contributed by atoms with Gasteiger partial charge in [0.05, 0.1) is 23.0 Å². The number of anilines is 1. The molecule has 0 aliphatic rings. The number of halogens is 3. The van der Waals surface area contributed by atoms with Gasteiger partial charge in [-0.2, -0.15) is 18.4 Å². The summed E-state index contributed by atoms with van der Waals surface area (Å²) in [6, 6.07) is 2.87. The molecule has 0 saturated carbocycles. The van der Waals surface area contributed by atoms with Crippen LogP contribution < -0.4 is 5.32 Å². The summed E-state index contributed by atoms with van der Waals surface area (Å²) >= 11 is 0. The second-order valence-corrected chi connectivity index (χ2v) is 7.04. The van der Waals surface area contributed by atoms with Gasteiger partial charge in [0.15, 0.2) is 0 Å². The van der Waals surface area contributed by atoms with Crippen LogP contribution in [0.2, 0.25) is 0 Å². The molecular weight excluding hydrogens is 397 g/mol. The van der Waals surface area contributed by atoms with E-state index in [0.29, 0.717) is 12.0 Å². The van der Waals surface area contributed by atoms with E-state index >= 15 is 0 Å². The second-order valence-electron chi connectivity index (χ2n) is 7.04. The second kappa shape index (κ2) is 8.67. The highest BCUT2D eigenvalue weighted by atomic mass is 19.4. The standard InChI is InChI=1S/C20H21F3N6O/c1-3-11(2)16(4-5-30)28-19-27-8-12(7-24)17(29-19)15-10-26-18-14(15)6-13(9-25-18)20(21,22)23/h6,8-11,16,30H,3-5H2,1-2H3,(H,25,26)(H,27,28,29)/t11?,16-/m1/s1. The molecule has 158 valence electrons. The number of fused-ring (bicyclic) bond motifs is 1. The molecule has 30 heavy (non-hydrogen) atoms. The van der Waals surface area contributed by atoms with E-state index in [0.717, 1.165) is 18.7 Å². The number of rotatable bonds is 7. The summed E-state index contributed by atoms with van der Waals surface area (Å²) < 4.78 is 39.4. The summed E-state index contributed by atoms with van der Waals surface area (Å²) in [6.45, 7) is 4.04. The fourth-order valence-electron chi connectivity index (χ4n) is 3.18. The van der Waals surface area contributed by atoms with Crippen molar-refractivity contribution in [2.45, 2.75) is 38.9 Å². The molecule has 0 aromatic carbocycles. The molecule has 0 radical (unpaired) electrons. The maximum absolute atomic E-state index is 13.1. The molecule has 10 heteroatoms. The first-order valence-corrected chi connectivity index (χ1v) is 9.47. The molecule has 1 unspecified atom stereocenters. The van der Waals surface area contributed by atoms with E-state index in [1.807, 2.05) is 19.9 Å². The summed E-state index contributed by atoms with van der Waals surface area (Å²) in [6.07, 6.45) is 0.378. The number of hydrogen-bond acceptors (Lipinski definition) is 6. The minimum atomic E-state index is -4.54. The van der Waals surface area contributed by atoms with Crippen LogP contribution in [0.4, 0.5) is 19.1 Å². The van der Waals surface area contributed by atoms with Gasteiger partial charge in [0.25, 0.3) is 0 Å². The topological polar surface area (TPSA) is 111 Å². The Bertz CT molecular complexity index is 1070. The van der Waals surface area contributed by atoms with Gasteiger partial charge in [-0.1, -0.05) is 20.3 Å². The summed E-state index contributed by atoms with van der Waals surface area (Å²) in [5.74, 6) is 0.462. The van der Waals surface area contributed by atoms with E-state index < -0.39 is 11.7 Å². The number of alkyl halides is 3. The lowest BCUT2D eigenvalue weighted by Gasteiger charge is -2.23. The lowest BCUT2D eigenvalue weighted by atomic mass is 9.97. The van der Waals surface area contributed by atoms with Crippen molar-refractivity contribution >= 4 is 17.0 Å². The van der Waals surface area contributed by atoms with Crippen LogP contribution in [0.25, 0.3) is 22.3 Å². The number of pyridine rings is 1. The molecule has 3 heterocycles. The summed E-state index contributed by atoms with van der Waals surface area (Å²) in [7, 11) is 0. The van der Waals surface area contributed by atoms with Gasteiger partial charge < -0.3 is 15.4 Å². The molecule has 3 aromatic heterocycles. The summed E-state index contributed by atoms with van der Waals surface area (Å²) in [4.78, 5) is 15.2. The van der Waals surface area contributed by atoms with Crippen LogP contribution in [-0.2, 0) is 6.18 Å². The number of H-pyrrole nitrogens is 1. The number of aromatic nitrogens is 4. The average molecular weight is 418 g/mol. The molecule has 7 nitrogen and oxygen atoms in total. The van der Waals surface area contributed by atoms with Crippen molar-refractivity contribution in [1.29, 1.82) is 5.26 Å². The maximum Gasteiger partial charge on any atom is 0.417 e. The van der Waals surface area contributed by atoms with Crippen LogP contribution in [-0.4, -0.2) is 37.7 Å². The molecule has 0 spiro atoms. The van der Waals surface area contributed by atoms with Gasteiger partial charge in [-0.15, -0.1) is 0 Å². The smallest absolute Gasteiger partial charge is 0.396 e. The molecule has 0 saturated heterocycles. The predicted octanol–water partition coefficient (Wildman–Crippen LogP) is 4.12. The van der Waals surface area contributed by atoms with Crippen molar-refractivity contribution in [1.82, 2.24) is 19.9 Å². The first-order valence-electron chi connectivity index (χ1n) is 9.47. The largest absolute Gasteiger partial charge is 0.417 e. The molecule has 3 rings (SSSR count). The van der Waals surface area contributed by atoms with Gasteiger partial charge >= 0.3 is 6.18 Å². The summed E-state index contributed by atoms with van der Waals surface area (Å²) in [5, 5.41) is 22.2. The normalized spacial score (nSPS) is 13.8. The first kappa shape index (κ1) is 21.5. The number of nitrogens with zero attached hydrogens (tertiary/aromatic N) is 4. The quantitative estimate of drug-likeness (QED) is 0.532. The fourth-order valence-corrected chi connectivity index (χ4v) is 3.18. The van der Waals surface area contributed by atoms with Gasteiger partial charge in [-0.25, -0.2) is 15.0 Å². The van der Waals surface area contributed by atoms with Crippen molar-refractivity contribution in [3.63, 3.8) is 0 Å². The van der Waals surface area contributed by atoms with E-state index in [1.165, 1.54) is 12.4 Å². The Kier molecular flexibility index (Phi) is 6.22. The van der Waals surface area contributed by atoms with Crippen LogP contribution in [0, 0.1) is 17.2 Å². The molecule has 3 aromatic rings. The van der Waals surface area contributed by atoms with Crippen molar-refractivity contribution in [3.05, 3.63) is 35.8 Å². The molecule has 0 fully saturated rings. The highest BCUT2D eigenvalue weighted by molar-refractivity contribution is 5.94. The van der Waals surface area contributed by atoms with Gasteiger partial charge in [0, 0.05) is 36.0 Å². The van der Waals surface area contributed by atoms with E-state index in [1.54, 1.807) is 0 Å². The number of hydrogen-bond donors (Lipinski definition) is 3. The van der Waals surface area contributed by atoms with Crippen LogP contribution in [0.1, 0.15) is 37.8 Å². The van der Waals surface area contributed by atoms with Crippen molar-refractivity contribution in [2.75, 3.05) is 11.9 Å². The minimum absolute atomic E-state index is 0.0144. The summed E-state index contributed by atoms with van der Waals surface area (Å²) in [5.41, 5.74) is 0.0255. The lowest BCUT2D eigenvalue weighted by Crippen LogP contribution is -2.29. The average Bonchev–Trinajstić information content (AvgIpc) is 3.15. The Morgan fingerprint density at radius 2 is 2.07 bits per heavy atom. The van der Waals surface area contributed by atoms with E-state index in [2.05, 4.69) is 25.3 Å². The molecule has 0 bridgehead atoms. The van der Waals surface area contributed by atoms with Gasteiger partial charge in [0.1, 0.15) is 11.7 Å². The van der Waals surface area contributed by atoms with Crippen LogP contribution in [0.5, 0.6) is 0 Å². The Morgan fingerprint density at radius 3 is 2.70 bits per heavy atom. The molecule has 0 aliphatic carbocycles. The Labute approximate surface area is 171 Å². The number of aliphatic hydroxyl groups is 1. The van der Waals surface area contributed by atoms with E-state index in [9.17, 15) is 23.5 Å². The molecular formula is C20H21F3N6O. The number of aliphatic hydroxyl groups excluding tert-OH is 1. The van der Waals surface area contributed by atoms with Crippen molar-refractivity contribution in [2.24, 2.45) is 5.92 Å². The van der Waals surface area contributed by atoms with E-state index in [-0.39, 0.29) is 46.8 Å². The zero-order chi connectivity index (χ0) is 21.9. The Hall–Kier alpha value is -3.19. The third-order valence-corrected chi connectivity index (χ3v) is 5.11. The monoisotopic (exact) mass is 418 g/mol. The number of nitrogens with one attached hydrogen (secondary N) is 2. The fraction of sp³-hybridized carbons (Fsp3) is 0.400. The molecule has 0 aliphatic heterocycles. The first-order chi connectivity index (χ1) is 14.3. The zero-order valence-electron chi connectivity index (χ0n) is 16.5. The predicted molar refractivity (Wildman–Crippen MR) is 105 cm³/mol. The Balaban J connectivity index is 2.07. The SMILES string of the molecule is CCC(C)[C@@H](CCO)Nc1ncc(C#N)c(-c2c[nH]c3ncc(C(F)(F)F)cc23)n1. The third kappa shape index (κ3) is 4.36. The molecule has 2 atom stereocenters. The van der Waals surface area contributed by atoms with E-state index in [4.69, 9.17) is 0 Å². The van der Waals surface area contributed by atoms with Crippen molar-refractivity contribution in [3.8, 4) is 17.3 Å². The van der Waals surface area contributed by atoms with Crippen LogP contribution in [0.15, 0.2) is 24.7 Å². The lowest BCUT2D eigenvalue weighted by molar-refractivity contribution is -0.137. The Morgan fingerprint density at radius 1 is 1.30 bits per heavy atom. The molecule has 0 amide bonds. The van der Waals surface area contributed by atoms with Gasteiger partial charge in [0.2, 0.25) is 5.95 Å². The maximum atomic E-state index is 13.1. The number of nitriles is 1. The van der Waals surface area contributed by atoms with Gasteiger partial charge in [-0.3, -0.25) is 0 Å². The third-order valence-electron chi connectivity index (χ3n) is 5.11. The molecule has 3 N–H and O–H groups in total. The minimum Gasteiger partial charge on any atom is -0.396 e. The van der Waals surface area contributed by atoms with Crippen LogP contribution >= 0.6 is 0 Å². The highest BCUT2D eigenvalue weighted by Crippen LogP contribution is 2.34. The van der Waals surface area contributed by atoms with Crippen LogP contribution in [0.3, 0.4) is 0 Å². The highest BCUT2D eigenvalue weighted by Gasteiger charge is 2.31. The van der Waals surface area contributed by atoms with Gasteiger partial charge in [-0.05, 0) is 18.4 Å².